The fraction of sp³-hybridized carbons (Fsp3) is 0.158. The van der Waals surface area contributed by atoms with Gasteiger partial charge >= 0.3 is 0 Å². The van der Waals surface area contributed by atoms with Crippen molar-refractivity contribution in [2.75, 3.05) is 19.0 Å². The van der Waals surface area contributed by atoms with Gasteiger partial charge in [0.25, 0.3) is 5.91 Å². The normalized spacial score (nSPS) is 10.5. The van der Waals surface area contributed by atoms with E-state index in [0.717, 1.165) is 11.3 Å². The van der Waals surface area contributed by atoms with Crippen molar-refractivity contribution in [2.24, 2.45) is 0 Å². The Morgan fingerprint density at radius 2 is 1.92 bits per heavy atom. The van der Waals surface area contributed by atoms with Crippen molar-refractivity contribution in [2.45, 2.75) is 6.54 Å². The third kappa shape index (κ3) is 4.03. The third-order valence-corrected chi connectivity index (χ3v) is 3.76. The first-order chi connectivity index (χ1) is 12.0. The van der Waals surface area contributed by atoms with Crippen LogP contribution in [0, 0.1) is 5.82 Å². The minimum atomic E-state index is -0.369. The van der Waals surface area contributed by atoms with Crippen LogP contribution in [0.1, 0.15) is 16.1 Å². The van der Waals surface area contributed by atoms with Crippen LogP contribution in [0.2, 0.25) is 0 Å². The van der Waals surface area contributed by atoms with Gasteiger partial charge in [-0.05, 0) is 29.8 Å². The number of hydrogen-bond donors (Lipinski definition) is 1. The lowest BCUT2D eigenvalue weighted by atomic mass is 10.1. The van der Waals surface area contributed by atoms with Crippen molar-refractivity contribution in [3.05, 3.63) is 71.7 Å². The van der Waals surface area contributed by atoms with E-state index in [1.54, 1.807) is 12.1 Å². The lowest BCUT2D eigenvalue weighted by Gasteiger charge is -2.12. The van der Waals surface area contributed by atoms with Crippen LogP contribution in [0.4, 0.5) is 10.1 Å². The van der Waals surface area contributed by atoms with Gasteiger partial charge in [0, 0.05) is 38.0 Å². The van der Waals surface area contributed by atoms with E-state index in [9.17, 15) is 9.18 Å². The van der Waals surface area contributed by atoms with Crippen LogP contribution in [0.5, 0.6) is 0 Å². The Labute approximate surface area is 145 Å². The van der Waals surface area contributed by atoms with Crippen LogP contribution >= 0.6 is 0 Å². The Hall–Kier alpha value is -3.15. The smallest absolute Gasteiger partial charge is 0.290 e. The van der Waals surface area contributed by atoms with E-state index in [1.165, 1.54) is 18.2 Å². The number of anilines is 1. The highest BCUT2D eigenvalue weighted by Crippen LogP contribution is 2.20. The van der Waals surface area contributed by atoms with Crippen molar-refractivity contribution < 1.29 is 13.7 Å². The molecule has 3 aromatic rings. The van der Waals surface area contributed by atoms with E-state index in [4.69, 9.17) is 4.52 Å². The largest absolute Gasteiger partial charge is 0.378 e. The summed E-state index contributed by atoms with van der Waals surface area (Å²) in [5.41, 5.74) is 3.04. The van der Waals surface area contributed by atoms with Gasteiger partial charge in [-0.15, -0.1) is 0 Å². The average Bonchev–Trinajstić information content (AvgIpc) is 3.10. The molecule has 0 saturated heterocycles. The summed E-state index contributed by atoms with van der Waals surface area (Å²) in [6.45, 7) is 0.378. The monoisotopic (exact) mass is 339 g/mol. The number of halogens is 1. The van der Waals surface area contributed by atoms with Gasteiger partial charge in [0.15, 0.2) is 0 Å². The zero-order chi connectivity index (χ0) is 17.8. The van der Waals surface area contributed by atoms with Gasteiger partial charge in [-0.3, -0.25) is 4.79 Å². The molecule has 1 N–H and O–H groups in total. The maximum atomic E-state index is 13.3. The molecule has 0 aliphatic rings. The number of nitrogens with zero attached hydrogens (tertiary/aromatic N) is 2. The zero-order valence-corrected chi connectivity index (χ0v) is 14.0. The second kappa shape index (κ2) is 7.17. The SMILES string of the molecule is CN(C)c1ccc(CNC(=O)c2cc(-c3cccc(F)c3)no2)cc1. The van der Waals surface area contributed by atoms with Gasteiger partial charge < -0.3 is 14.7 Å². The fourth-order valence-electron chi connectivity index (χ4n) is 2.35. The third-order valence-electron chi connectivity index (χ3n) is 3.76. The Morgan fingerprint density at radius 3 is 2.60 bits per heavy atom. The first-order valence-electron chi connectivity index (χ1n) is 7.80. The molecule has 6 heteroatoms. The fourth-order valence-corrected chi connectivity index (χ4v) is 2.35. The van der Waals surface area contributed by atoms with Crippen molar-refractivity contribution in [3.8, 4) is 11.3 Å². The first-order valence-corrected chi connectivity index (χ1v) is 7.80. The van der Waals surface area contributed by atoms with Gasteiger partial charge in [0.05, 0.1) is 0 Å². The van der Waals surface area contributed by atoms with Crippen molar-refractivity contribution in [3.63, 3.8) is 0 Å². The van der Waals surface area contributed by atoms with Crippen molar-refractivity contribution in [1.29, 1.82) is 0 Å². The molecule has 1 amide bonds. The summed E-state index contributed by atoms with van der Waals surface area (Å²) in [4.78, 5) is 14.2. The number of rotatable bonds is 5. The van der Waals surface area contributed by atoms with Crippen LogP contribution in [0.15, 0.2) is 59.1 Å². The predicted molar refractivity (Wildman–Crippen MR) is 93.8 cm³/mol. The maximum Gasteiger partial charge on any atom is 0.290 e. The minimum Gasteiger partial charge on any atom is -0.378 e. The van der Waals surface area contributed by atoms with Gasteiger partial charge in [-0.1, -0.05) is 29.4 Å². The topological polar surface area (TPSA) is 58.4 Å². The Morgan fingerprint density at radius 1 is 1.16 bits per heavy atom. The van der Waals surface area contributed by atoms with E-state index in [1.807, 2.05) is 43.3 Å². The van der Waals surface area contributed by atoms with E-state index in [-0.39, 0.29) is 17.5 Å². The molecule has 0 aliphatic carbocycles. The summed E-state index contributed by atoms with van der Waals surface area (Å²) < 4.78 is 18.3. The summed E-state index contributed by atoms with van der Waals surface area (Å²) in [5.74, 6) is -0.649. The zero-order valence-electron chi connectivity index (χ0n) is 14.0. The lowest BCUT2D eigenvalue weighted by molar-refractivity contribution is 0.0914. The minimum absolute atomic E-state index is 0.0872. The second-order valence-corrected chi connectivity index (χ2v) is 5.83. The summed E-state index contributed by atoms with van der Waals surface area (Å²) >= 11 is 0. The molecule has 128 valence electrons. The number of benzene rings is 2. The molecule has 2 aromatic carbocycles. The molecule has 1 heterocycles. The molecule has 0 saturated carbocycles. The maximum absolute atomic E-state index is 13.3. The van der Waals surface area contributed by atoms with Crippen LogP contribution in [0.25, 0.3) is 11.3 Å². The molecule has 0 aliphatic heterocycles. The number of hydrogen-bond acceptors (Lipinski definition) is 4. The Balaban J connectivity index is 1.64. The van der Waals surface area contributed by atoms with Crippen LogP contribution in [-0.4, -0.2) is 25.2 Å². The Kier molecular flexibility index (Phi) is 4.79. The highest BCUT2D eigenvalue weighted by molar-refractivity contribution is 5.92. The second-order valence-electron chi connectivity index (χ2n) is 5.83. The molecule has 0 fully saturated rings. The molecule has 1 aromatic heterocycles. The van der Waals surface area contributed by atoms with Gasteiger partial charge in [0.2, 0.25) is 5.76 Å². The number of aromatic nitrogens is 1. The first kappa shape index (κ1) is 16.7. The van der Waals surface area contributed by atoms with E-state index in [2.05, 4.69) is 10.5 Å². The summed E-state index contributed by atoms with van der Waals surface area (Å²) in [6, 6.07) is 15.3. The van der Waals surface area contributed by atoms with Crippen LogP contribution in [-0.2, 0) is 6.54 Å². The predicted octanol–water partition coefficient (Wildman–Crippen LogP) is 3.48. The molecule has 0 unspecified atom stereocenters. The number of carbonyl (C=O) groups excluding carboxylic acids is 1. The highest BCUT2D eigenvalue weighted by atomic mass is 19.1. The summed E-state index contributed by atoms with van der Waals surface area (Å²) in [7, 11) is 3.94. The molecule has 5 nitrogen and oxygen atoms in total. The number of nitrogens with one attached hydrogen (secondary N) is 1. The quantitative estimate of drug-likeness (QED) is 0.773. The molecule has 0 radical (unpaired) electrons. The molecule has 0 atom stereocenters. The van der Waals surface area contributed by atoms with Gasteiger partial charge in [-0.25, -0.2) is 4.39 Å². The lowest BCUT2D eigenvalue weighted by Crippen LogP contribution is -2.22. The average molecular weight is 339 g/mol. The van der Waals surface area contributed by atoms with E-state index >= 15 is 0 Å². The standard InChI is InChI=1S/C19H18FN3O2/c1-23(2)16-8-6-13(7-9-16)12-21-19(24)18-11-17(22-25-18)14-4-3-5-15(20)10-14/h3-11H,12H2,1-2H3,(H,21,24). The summed E-state index contributed by atoms with van der Waals surface area (Å²) in [5, 5.41) is 6.61. The molecule has 0 bridgehead atoms. The molecule has 3 rings (SSSR count). The summed E-state index contributed by atoms with van der Waals surface area (Å²) in [6.07, 6.45) is 0. The molecular weight excluding hydrogens is 321 g/mol. The molecular formula is C19H18FN3O2. The number of carbonyl (C=O) groups is 1. The van der Waals surface area contributed by atoms with Crippen LogP contribution < -0.4 is 10.2 Å². The number of amides is 1. The van der Waals surface area contributed by atoms with E-state index < -0.39 is 0 Å². The van der Waals surface area contributed by atoms with Crippen LogP contribution in [0.3, 0.4) is 0 Å². The molecule has 25 heavy (non-hydrogen) atoms. The van der Waals surface area contributed by atoms with Crippen molar-refractivity contribution in [1.82, 2.24) is 10.5 Å². The highest BCUT2D eigenvalue weighted by Gasteiger charge is 2.14. The molecule has 0 spiro atoms. The van der Waals surface area contributed by atoms with Gasteiger partial charge in [-0.2, -0.15) is 0 Å². The Bertz CT molecular complexity index is 872. The van der Waals surface area contributed by atoms with Gasteiger partial charge in [0.1, 0.15) is 11.5 Å². The van der Waals surface area contributed by atoms with Crippen molar-refractivity contribution >= 4 is 11.6 Å². The van der Waals surface area contributed by atoms with E-state index in [0.29, 0.717) is 17.8 Å².